The Labute approximate surface area is 159 Å². The Kier molecular flexibility index (Phi) is 7.54. The molecular formula is C18H27N5O4. The largest absolute Gasteiger partial charge is 0.450 e. The van der Waals surface area contributed by atoms with E-state index in [0.29, 0.717) is 39.3 Å². The molecule has 148 valence electrons. The summed E-state index contributed by atoms with van der Waals surface area (Å²) in [6, 6.07) is 4.83. The number of amides is 3. The number of nitrogens with zero attached hydrogens (tertiary/aromatic N) is 4. The number of hydrogen-bond donors (Lipinski definition) is 1. The molecule has 0 unspecified atom stereocenters. The van der Waals surface area contributed by atoms with Gasteiger partial charge in [-0.15, -0.1) is 0 Å². The molecular weight excluding hydrogens is 350 g/mol. The zero-order valence-electron chi connectivity index (χ0n) is 16.1. The Bertz CT molecular complexity index is 671. The third kappa shape index (κ3) is 5.92. The first-order valence-corrected chi connectivity index (χ1v) is 9.03. The minimum absolute atomic E-state index is 0.213. The van der Waals surface area contributed by atoms with Crippen molar-refractivity contribution in [1.29, 1.82) is 0 Å². The van der Waals surface area contributed by atoms with Gasteiger partial charge in [0, 0.05) is 39.3 Å². The van der Waals surface area contributed by atoms with Crippen LogP contribution < -0.4 is 5.32 Å². The van der Waals surface area contributed by atoms with E-state index in [4.69, 9.17) is 4.74 Å². The highest BCUT2D eigenvalue weighted by Gasteiger charge is 2.26. The van der Waals surface area contributed by atoms with Gasteiger partial charge in [-0.2, -0.15) is 0 Å². The number of carbonyl (C=O) groups is 3. The summed E-state index contributed by atoms with van der Waals surface area (Å²) in [5.74, 6) is -0.555. The average molecular weight is 377 g/mol. The number of hydrogen-bond acceptors (Lipinski definition) is 6. The van der Waals surface area contributed by atoms with Crippen LogP contribution in [-0.2, 0) is 4.74 Å². The average Bonchev–Trinajstić information content (AvgIpc) is 2.67. The molecule has 0 radical (unpaired) electrons. The quantitative estimate of drug-likeness (QED) is 0.766. The molecule has 0 aliphatic carbocycles. The van der Waals surface area contributed by atoms with Crippen molar-refractivity contribution in [2.75, 3.05) is 60.0 Å². The first-order chi connectivity index (χ1) is 12.9. The predicted molar refractivity (Wildman–Crippen MR) is 99.6 cm³/mol. The molecule has 1 N–H and O–H groups in total. The van der Waals surface area contributed by atoms with Crippen LogP contribution in [-0.4, -0.2) is 97.6 Å². The van der Waals surface area contributed by atoms with Crippen LogP contribution in [0.1, 0.15) is 27.9 Å². The third-order valence-corrected chi connectivity index (χ3v) is 4.14. The van der Waals surface area contributed by atoms with Crippen molar-refractivity contribution in [3.63, 3.8) is 0 Å². The molecule has 9 nitrogen and oxygen atoms in total. The number of aromatic nitrogens is 1. The number of nitrogens with one attached hydrogen (secondary N) is 1. The smallest absolute Gasteiger partial charge is 0.409 e. The summed E-state index contributed by atoms with van der Waals surface area (Å²) < 4.78 is 4.97. The highest BCUT2D eigenvalue weighted by Crippen LogP contribution is 2.09. The van der Waals surface area contributed by atoms with Crippen molar-refractivity contribution < 1.29 is 19.1 Å². The molecule has 2 rings (SSSR count). The van der Waals surface area contributed by atoms with E-state index in [0.717, 1.165) is 6.54 Å². The molecule has 3 amide bonds. The first-order valence-electron chi connectivity index (χ1n) is 9.03. The number of ether oxygens (including phenoxy) is 1. The maximum absolute atomic E-state index is 12.7. The summed E-state index contributed by atoms with van der Waals surface area (Å²) in [4.78, 5) is 46.0. The van der Waals surface area contributed by atoms with Gasteiger partial charge in [0.05, 0.1) is 6.61 Å². The lowest BCUT2D eigenvalue weighted by atomic mass is 10.2. The molecule has 9 heteroatoms. The second-order valence-corrected chi connectivity index (χ2v) is 6.45. The van der Waals surface area contributed by atoms with Gasteiger partial charge in [0.1, 0.15) is 11.4 Å². The van der Waals surface area contributed by atoms with Gasteiger partial charge in [-0.05, 0) is 33.2 Å². The maximum Gasteiger partial charge on any atom is 0.409 e. The van der Waals surface area contributed by atoms with Crippen LogP contribution in [0.3, 0.4) is 0 Å². The molecule has 0 bridgehead atoms. The fraction of sp³-hybridized carbons (Fsp3) is 0.556. The molecule has 1 aliphatic heterocycles. The molecule has 0 spiro atoms. The van der Waals surface area contributed by atoms with E-state index in [9.17, 15) is 14.4 Å². The van der Waals surface area contributed by atoms with Crippen LogP contribution in [0.15, 0.2) is 18.2 Å². The summed E-state index contributed by atoms with van der Waals surface area (Å²) in [5, 5.41) is 2.78. The van der Waals surface area contributed by atoms with E-state index in [1.54, 1.807) is 34.9 Å². The highest BCUT2D eigenvalue weighted by molar-refractivity contribution is 5.96. The molecule has 1 saturated heterocycles. The molecule has 1 fully saturated rings. The van der Waals surface area contributed by atoms with Crippen molar-refractivity contribution in [3.05, 3.63) is 29.6 Å². The van der Waals surface area contributed by atoms with E-state index >= 15 is 0 Å². The number of carbonyl (C=O) groups excluding carboxylic acids is 3. The van der Waals surface area contributed by atoms with E-state index in [1.165, 1.54) is 0 Å². The molecule has 0 saturated carbocycles. The maximum atomic E-state index is 12.7. The van der Waals surface area contributed by atoms with Crippen molar-refractivity contribution in [3.8, 4) is 0 Å². The van der Waals surface area contributed by atoms with E-state index < -0.39 is 0 Å². The number of piperazine rings is 1. The van der Waals surface area contributed by atoms with Crippen molar-refractivity contribution in [1.82, 2.24) is 25.0 Å². The predicted octanol–water partition coefficient (Wildman–Crippen LogP) is 0.287. The lowest BCUT2D eigenvalue weighted by Crippen LogP contribution is -2.50. The zero-order valence-corrected chi connectivity index (χ0v) is 16.1. The Hall–Kier alpha value is -2.68. The van der Waals surface area contributed by atoms with Crippen LogP contribution in [0.4, 0.5) is 4.79 Å². The van der Waals surface area contributed by atoms with Crippen molar-refractivity contribution >= 4 is 17.9 Å². The molecule has 0 aromatic carbocycles. The standard InChI is InChI=1S/C18H27N5O4/c1-4-27-18(26)23-12-10-22(11-13-23)17(25)15-7-5-6-14(20-15)16(24)19-8-9-21(2)3/h5-7H,4,8-13H2,1-3H3,(H,19,24). The summed E-state index contributed by atoms with van der Waals surface area (Å²) in [7, 11) is 3.84. The van der Waals surface area contributed by atoms with Crippen molar-refractivity contribution in [2.45, 2.75) is 6.92 Å². The van der Waals surface area contributed by atoms with E-state index in [1.807, 2.05) is 19.0 Å². The Morgan fingerprint density at radius 1 is 1.11 bits per heavy atom. The molecule has 1 aromatic rings. The number of pyridine rings is 1. The Balaban J connectivity index is 1.93. The van der Waals surface area contributed by atoms with Gasteiger partial charge in [0.15, 0.2) is 0 Å². The molecule has 0 atom stereocenters. The van der Waals surface area contributed by atoms with Crippen LogP contribution in [0, 0.1) is 0 Å². The Morgan fingerprint density at radius 2 is 1.74 bits per heavy atom. The molecule has 27 heavy (non-hydrogen) atoms. The van der Waals surface area contributed by atoms with Gasteiger partial charge in [0.25, 0.3) is 11.8 Å². The Morgan fingerprint density at radius 3 is 2.37 bits per heavy atom. The second-order valence-electron chi connectivity index (χ2n) is 6.45. The normalized spacial score (nSPS) is 14.2. The van der Waals surface area contributed by atoms with Gasteiger partial charge < -0.3 is 24.8 Å². The topological polar surface area (TPSA) is 95.1 Å². The third-order valence-electron chi connectivity index (χ3n) is 4.14. The van der Waals surface area contributed by atoms with Gasteiger partial charge in [-0.3, -0.25) is 9.59 Å². The minimum Gasteiger partial charge on any atom is -0.450 e. The fourth-order valence-electron chi connectivity index (χ4n) is 2.63. The van der Waals surface area contributed by atoms with Crippen LogP contribution in [0.5, 0.6) is 0 Å². The SMILES string of the molecule is CCOC(=O)N1CCN(C(=O)c2cccc(C(=O)NCCN(C)C)n2)CC1. The minimum atomic E-state index is -0.362. The summed E-state index contributed by atoms with van der Waals surface area (Å²) in [6.45, 7) is 4.93. The van der Waals surface area contributed by atoms with E-state index in [-0.39, 0.29) is 29.3 Å². The van der Waals surface area contributed by atoms with Crippen molar-refractivity contribution in [2.24, 2.45) is 0 Å². The van der Waals surface area contributed by atoms with Crippen LogP contribution >= 0.6 is 0 Å². The summed E-state index contributed by atoms with van der Waals surface area (Å²) >= 11 is 0. The summed E-state index contributed by atoms with van der Waals surface area (Å²) in [6.07, 6.45) is -0.362. The zero-order chi connectivity index (χ0) is 19.8. The van der Waals surface area contributed by atoms with E-state index in [2.05, 4.69) is 10.3 Å². The molecule has 1 aliphatic rings. The van der Waals surface area contributed by atoms with Crippen LogP contribution in [0.25, 0.3) is 0 Å². The van der Waals surface area contributed by atoms with Gasteiger partial charge >= 0.3 is 6.09 Å². The van der Waals surface area contributed by atoms with Gasteiger partial charge in [-0.1, -0.05) is 6.07 Å². The summed E-state index contributed by atoms with van der Waals surface area (Å²) in [5.41, 5.74) is 0.435. The van der Waals surface area contributed by atoms with Crippen LogP contribution in [0.2, 0.25) is 0 Å². The molecule has 2 heterocycles. The lowest BCUT2D eigenvalue weighted by molar-refractivity contribution is 0.0565. The molecule has 1 aromatic heterocycles. The fourth-order valence-corrected chi connectivity index (χ4v) is 2.63. The number of likely N-dealkylation sites (N-methyl/N-ethyl adjacent to an activating group) is 1. The monoisotopic (exact) mass is 377 g/mol. The number of rotatable bonds is 6. The second kappa shape index (κ2) is 9.86. The highest BCUT2D eigenvalue weighted by atomic mass is 16.6. The van der Waals surface area contributed by atoms with Gasteiger partial charge in [0.2, 0.25) is 0 Å². The first kappa shape index (κ1) is 20.6. The van der Waals surface area contributed by atoms with Gasteiger partial charge in [-0.25, -0.2) is 9.78 Å². The lowest BCUT2D eigenvalue weighted by Gasteiger charge is -2.33.